The highest BCUT2D eigenvalue weighted by Gasteiger charge is 2.20. The number of hydrogen-bond donors (Lipinski definition) is 2. The lowest BCUT2D eigenvalue weighted by Gasteiger charge is -2.25. The summed E-state index contributed by atoms with van der Waals surface area (Å²) in [5.74, 6) is 0.451. The first-order valence-electron chi connectivity index (χ1n) is 10.7. The highest BCUT2D eigenvalue weighted by Crippen LogP contribution is 2.33. The SMILES string of the molecule is CNc1ncc2cc(-c3ccc(-c4nc(C)cs4)cc3Cl)c(=O)n(C[C@H]3CNCCO3)c2n1. The molecule has 0 unspecified atom stereocenters. The lowest BCUT2D eigenvalue weighted by Crippen LogP contribution is -2.42. The number of pyridine rings is 1. The minimum absolute atomic E-state index is 0.131. The number of rotatable bonds is 5. The van der Waals surface area contributed by atoms with Crippen molar-refractivity contribution in [2.45, 2.75) is 19.6 Å². The van der Waals surface area contributed by atoms with Crippen LogP contribution < -0.4 is 16.2 Å². The van der Waals surface area contributed by atoms with Gasteiger partial charge in [-0.1, -0.05) is 23.7 Å². The molecule has 0 saturated carbocycles. The van der Waals surface area contributed by atoms with Gasteiger partial charge >= 0.3 is 0 Å². The first-order valence-corrected chi connectivity index (χ1v) is 11.9. The van der Waals surface area contributed by atoms with E-state index < -0.39 is 0 Å². The predicted octanol–water partition coefficient (Wildman–Crippen LogP) is 3.57. The predicted molar refractivity (Wildman–Crippen MR) is 132 cm³/mol. The lowest BCUT2D eigenvalue weighted by atomic mass is 10.0. The standard InChI is InChI=1S/C23H23ClN6O2S/c1-13-12-33-21(28-13)14-3-4-17(19(24)8-14)18-7-15-9-27-23(25-2)29-20(15)30(22(18)31)11-16-10-26-5-6-32-16/h3-4,7-9,12,16,26H,5-6,10-11H2,1-2H3,(H,25,27,29)/t16-/m1/s1. The van der Waals surface area contributed by atoms with E-state index in [2.05, 4.69) is 25.6 Å². The average molecular weight is 483 g/mol. The van der Waals surface area contributed by atoms with Crippen LogP contribution in [0, 0.1) is 6.92 Å². The van der Waals surface area contributed by atoms with Crippen LogP contribution in [-0.2, 0) is 11.3 Å². The lowest BCUT2D eigenvalue weighted by molar-refractivity contribution is 0.0183. The molecule has 4 heterocycles. The molecule has 1 aliphatic heterocycles. The molecule has 0 radical (unpaired) electrons. The summed E-state index contributed by atoms with van der Waals surface area (Å²) in [7, 11) is 1.75. The van der Waals surface area contributed by atoms with Gasteiger partial charge in [0.25, 0.3) is 5.56 Å². The molecular formula is C23H23ClN6O2S. The average Bonchev–Trinajstić information content (AvgIpc) is 3.27. The second-order valence-electron chi connectivity index (χ2n) is 7.88. The van der Waals surface area contributed by atoms with E-state index in [1.165, 1.54) is 0 Å². The molecule has 1 aromatic carbocycles. The van der Waals surface area contributed by atoms with Crippen molar-refractivity contribution in [3.63, 3.8) is 0 Å². The summed E-state index contributed by atoms with van der Waals surface area (Å²) in [6, 6.07) is 7.49. The Morgan fingerprint density at radius 1 is 1.30 bits per heavy atom. The molecule has 0 aliphatic carbocycles. The second kappa shape index (κ2) is 9.18. The Labute approximate surface area is 199 Å². The van der Waals surface area contributed by atoms with Crippen molar-refractivity contribution in [2.24, 2.45) is 0 Å². The third kappa shape index (κ3) is 4.37. The van der Waals surface area contributed by atoms with Crippen LogP contribution >= 0.6 is 22.9 Å². The summed E-state index contributed by atoms with van der Waals surface area (Å²) in [5.41, 5.74) is 3.44. The fourth-order valence-corrected chi connectivity index (χ4v) is 5.01. The maximum absolute atomic E-state index is 13.7. The van der Waals surface area contributed by atoms with E-state index >= 15 is 0 Å². The zero-order chi connectivity index (χ0) is 22.9. The fourth-order valence-electron chi connectivity index (χ4n) is 3.94. The molecule has 3 aromatic heterocycles. The van der Waals surface area contributed by atoms with Gasteiger partial charge in [-0.15, -0.1) is 11.3 Å². The molecule has 4 aromatic rings. The van der Waals surface area contributed by atoms with Crippen LogP contribution in [0.25, 0.3) is 32.7 Å². The Balaban J connectivity index is 1.63. The summed E-state index contributed by atoms with van der Waals surface area (Å²) in [5, 5.41) is 10.4. The van der Waals surface area contributed by atoms with Gasteiger partial charge in [0.05, 0.1) is 19.3 Å². The van der Waals surface area contributed by atoms with E-state index in [0.29, 0.717) is 47.4 Å². The molecule has 10 heteroatoms. The van der Waals surface area contributed by atoms with Crippen LogP contribution in [0.15, 0.2) is 40.6 Å². The molecule has 1 aliphatic rings. The molecule has 1 fully saturated rings. The van der Waals surface area contributed by atoms with Gasteiger partial charge in [0.1, 0.15) is 10.7 Å². The molecule has 0 bridgehead atoms. The highest BCUT2D eigenvalue weighted by atomic mass is 35.5. The molecule has 33 heavy (non-hydrogen) atoms. The molecule has 5 rings (SSSR count). The van der Waals surface area contributed by atoms with Crippen LogP contribution in [0.2, 0.25) is 5.02 Å². The molecular weight excluding hydrogens is 460 g/mol. The summed E-state index contributed by atoms with van der Waals surface area (Å²) in [6.45, 7) is 4.42. The molecule has 0 spiro atoms. The number of aryl methyl sites for hydroxylation is 1. The summed E-state index contributed by atoms with van der Waals surface area (Å²) >= 11 is 8.25. The maximum atomic E-state index is 13.7. The Morgan fingerprint density at radius 3 is 2.88 bits per heavy atom. The van der Waals surface area contributed by atoms with Crippen LogP contribution in [-0.4, -0.2) is 52.4 Å². The molecule has 170 valence electrons. The van der Waals surface area contributed by atoms with Crippen molar-refractivity contribution in [3.05, 3.63) is 56.9 Å². The Bertz CT molecular complexity index is 1380. The topological polar surface area (TPSA) is 94.0 Å². The number of hydrogen-bond acceptors (Lipinski definition) is 8. The van der Waals surface area contributed by atoms with Gasteiger partial charge < -0.3 is 15.4 Å². The number of ether oxygens (including phenoxy) is 1. The van der Waals surface area contributed by atoms with Crippen LogP contribution in [0.5, 0.6) is 0 Å². The van der Waals surface area contributed by atoms with Gasteiger partial charge in [0, 0.05) is 64.5 Å². The molecule has 2 N–H and O–H groups in total. The van der Waals surface area contributed by atoms with Crippen molar-refractivity contribution < 1.29 is 4.74 Å². The van der Waals surface area contributed by atoms with E-state index in [-0.39, 0.29) is 11.7 Å². The van der Waals surface area contributed by atoms with Gasteiger partial charge in [-0.25, -0.2) is 9.97 Å². The van der Waals surface area contributed by atoms with Gasteiger partial charge in [-0.3, -0.25) is 9.36 Å². The van der Waals surface area contributed by atoms with Crippen LogP contribution in [0.4, 0.5) is 5.95 Å². The van der Waals surface area contributed by atoms with Gasteiger partial charge in [-0.2, -0.15) is 4.98 Å². The monoisotopic (exact) mass is 482 g/mol. The van der Waals surface area contributed by atoms with Crippen molar-refractivity contribution in [2.75, 3.05) is 32.1 Å². The van der Waals surface area contributed by atoms with Crippen molar-refractivity contribution in [3.8, 4) is 21.7 Å². The van der Waals surface area contributed by atoms with E-state index in [1.807, 2.05) is 36.6 Å². The number of morpholine rings is 1. The van der Waals surface area contributed by atoms with Crippen molar-refractivity contribution in [1.82, 2.24) is 24.8 Å². The largest absolute Gasteiger partial charge is 0.374 e. The summed E-state index contributed by atoms with van der Waals surface area (Å²) < 4.78 is 7.53. The van der Waals surface area contributed by atoms with E-state index in [1.54, 1.807) is 29.1 Å². The number of anilines is 1. The van der Waals surface area contributed by atoms with Gasteiger partial charge in [0.15, 0.2) is 0 Å². The second-order valence-corrected chi connectivity index (χ2v) is 9.15. The normalized spacial score (nSPS) is 16.3. The number of nitrogens with one attached hydrogen (secondary N) is 2. The number of aromatic nitrogens is 4. The van der Waals surface area contributed by atoms with E-state index in [4.69, 9.17) is 16.3 Å². The number of halogens is 1. The fraction of sp³-hybridized carbons (Fsp3) is 0.304. The summed E-state index contributed by atoms with van der Waals surface area (Å²) in [6.07, 6.45) is 1.59. The number of benzene rings is 1. The summed E-state index contributed by atoms with van der Waals surface area (Å²) in [4.78, 5) is 27.1. The maximum Gasteiger partial charge on any atom is 0.260 e. The van der Waals surface area contributed by atoms with E-state index in [0.717, 1.165) is 28.2 Å². The first-order chi connectivity index (χ1) is 16.0. The smallest absolute Gasteiger partial charge is 0.260 e. The minimum Gasteiger partial charge on any atom is -0.374 e. The van der Waals surface area contributed by atoms with E-state index in [9.17, 15) is 4.79 Å². The first kappa shape index (κ1) is 22.0. The van der Waals surface area contributed by atoms with Crippen molar-refractivity contribution in [1.29, 1.82) is 0 Å². The molecule has 8 nitrogen and oxygen atoms in total. The zero-order valence-corrected chi connectivity index (χ0v) is 19.8. The van der Waals surface area contributed by atoms with Crippen LogP contribution in [0.3, 0.4) is 0 Å². The van der Waals surface area contributed by atoms with Crippen molar-refractivity contribution >= 4 is 39.9 Å². The Kier molecular flexibility index (Phi) is 6.11. The minimum atomic E-state index is -0.169. The number of thiazole rings is 1. The Hall–Kier alpha value is -2.85. The zero-order valence-electron chi connectivity index (χ0n) is 18.3. The Morgan fingerprint density at radius 2 is 2.18 bits per heavy atom. The van der Waals surface area contributed by atoms with Crippen LogP contribution in [0.1, 0.15) is 5.69 Å². The molecule has 0 amide bonds. The number of nitrogens with zero attached hydrogens (tertiary/aromatic N) is 4. The third-order valence-electron chi connectivity index (χ3n) is 5.57. The van der Waals surface area contributed by atoms with Gasteiger partial charge in [0.2, 0.25) is 5.95 Å². The quantitative estimate of drug-likeness (QED) is 0.449. The molecule has 1 atom stereocenters. The number of fused-ring (bicyclic) bond motifs is 1. The van der Waals surface area contributed by atoms with Gasteiger partial charge in [-0.05, 0) is 19.1 Å². The highest BCUT2D eigenvalue weighted by molar-refractivity contribution is 7.13. The third-order valence-corrected chi connectivity index (χ3v) is 6.89. The molecule has 1 saturated heterocycles.